The van der Waals surface area contributed by atoms with Gasteiger partial charge in [0, 0.05) is 30.1 Å². The summed E-state index contributed by atoms with van der Waals surface area (Å²) in [5.74, 6) is -4.49. The number of β-lactam (4-membered cyclic amide) rings is 1. The Bertz CT molecular complexity index is 948. The van der Waals surface area contributed by atoms with E-state index in [1.54, 1.807) is 17.5 Å². The van der Waals surface area contributed by atoms with E-state index < -0.39 is 46.5 Å². The predicted molar refractivity (Wildman–Crippen MR) is 102 cm³/mol. The number of esters is 2. The number of hydrogen-bond donors (Lipinski definition) is 1. The Hall–Kier alpha value is -1.86. The van der Waals surface area contributed by atoms with Gasteiger partial charge in [0.05, 0.1) is 18.1 Å². The number of aliphatic carboxylic acids is 1. The Morgan fingerprint density at radius 2 is 2.00 bits per heavy atom. The molecule has 2 amide bonds. The molecular weight excluding hydrogens is 459 g/mol. The van der Waals surface area contributed by atoms with Crippen molar-refractivity contribution in [3.63, 3.8) is 0 Å². The van der Waals surface area contributed by atoms with Gasteiger partial charge in [-0.3, -0.25) is 24.1 Å². The van der Waals surface area contributed by atoms with Crippen molar-refractivity contribution in [3.05, 3.63) is 33.7 Å². The van der Waals surface area contributed by atoms with Crippen molar-refractivity contribution < 1.29 is 68.1 Å². The smallest absolute Gasteiger partial charge is 0.543 e. The number of nitrogens with zero attached hydrogens (tertiary/aromatic N) is 1. The molecule has 0 aliphatic carbocycles. The summed E-state index contributed by atoms with van der Waals surface area (Å²) in [5.41, 5.74) is -2.32. The summed E-state index contributed by atoms with van der Waals surface area (Å²) in [4.78, 5) is 61.6. The van der Waals surface area contributed by atoms with Gasteiger partial charge in [-0.25, -0.2) is 0 Å². The Labute approximate surface area is 207 Å². The summed E-state index contributed by atoms with van der Waals surface area (Å²) in [6.07, 6.45) is -0.0355. The Balaban J connectivity index is 0.00000341. The molecular formula is C18H17N2NaO8S2. The summed E-state index contributed by atoms with van der Waals surface area (Å²) < 4.78 is 10.1. The first kappa shape index (κ1) is 25.4. The number of carboxylic acids is 1. The first-order chi connectivity index (χ1) is 14.2. The van der Waals surface area contributed by atoms with Crippen molar-refractivity contribution in [1.29, 1.82) is 0 Å². The number of carbonyl (C=O) groups is 5. The molecule has 2 aliphatic rings. The second-order valence-electron chi connectivity index (χ2n) is 6.49. The summed E-state index contributed by atoms with van der Waals surface area (Å²) in [6.45, 7) is 1.92. The fraction of sp³-hybridized carbons (Fsp3) is 0.389. The molecule has 2 aliphatic heterocycles. The first-order valence-corrected chi connectivity index (χ1v) is 10.6. The van der Waals surface area contributed by atoms with Gasteiger partial charge in [0.1, 0.15) is 6.61 Å². The second kappa shape index (κ2) is 10.2. The molecule has 3 rings (SSSR count). The predicted octanol–water partition coefficient (Wildman–Crippen LogP) is -3.85. The number of nitrogens with one attached hydrogen (secondary N) is 1. The third-order valence-corrected chi connectivity index (χ3v) is 6.55. The van der Waals surface area contributed by atoms with E-state index >= 15 is 0 Å². The van der Waals surface area contributed by atoms with Crippen LogP contribution >= 0.6 is 23.1 Å². The molecule has 13 heteroatoms. The van der Waals surface area contributed by atoms with Crippen LogP contribution in [0.5, 0.6) is 0 Å². The van der Waals surface area contributed by atoms with E-state index in [2.05, 4.69) is 5.32 Å². The van der Waals surface area contributed by atoms with E-state index in [4.69, 9.17) is 9.47 Å². The van der Waals surface area contributed by atoms with E-state index in [0.29, 0.717) is 0 Å². The summed E-state index contributed by atoms with van der Waals surface area (Å²) in [6, 6.07) is 3.51. The molecule has 3 heterocycles. The molecule has 1 aromatic rings. The van der Waals surface area contributed by atoms with Crippen molar-refractivity contribution in [3.8, 4) is 0 Å². The normalized spacial score (nSPS) is 21.9. The minimum atomic E-state index is -2.03. The average molecular weight is 476 g/mol. The Kier molecular flexibility index (Phi) is 8.34. The number of thioether (sulfide) groups is 1. The topological polar surface area (TPSA) is 142 Å². The molecule has 0 spiro atoms. The first-order valence-electron chi connectivity index (χ1n) is 8.70. The molecule has 0 unspecified atom stereocenters. The van der Waals surface area contributed by atoms with Crippen LogP contribution in [-0.4, -0.2) is 58.1 Å². The van der Waals surface area contributed by atoms with Crippen LogP contribution in [0.2, 0.25) is 0 Å². The number of amides is 2. The van der Waals surface area contributed by atoms with Crippen LogP contribution in [0.15, 0.2) is 28.8 Å². The van der Waals surface area contributed by atoms with Gasteiger partial charge >= 0.3 is 41.5 Å². The molecule has 0 saturated carbocycles. The number of thiophene rings is 1. The fourth-order valence-corrected chi connectivity index (χ4v) is 5.24. The molecule has 31 heavy (non-hydrogen) atoms. The molecule has 160 valence electrons. The van der Waals surface area contributed by atoms with E-state index in [9.17, 15) is 29.1 Å². The van der Waals surface area contributed by atoms with Crippen molar-refractivity contribution in [2.75, 3.05) is 12.4 Å². The molecule has 0 bridgehead atoms. The maximum atomic E-state index is 13.0. The van der Waals surface area contributed by atoms with Gasteiger partial charge in [-0.05, 0) is 11.4 Å². The molecule has 1 N–H and O–H groups in total. The number of carbonyl (C=O) groups excluding carboxylic acids is 5. The number of ether oxygens (including phenoxy) is 2. The Morgan fingerprint density at radius 3 is 2.55 bits per heavy atom. The Morgan fingerprint density at radius 1 is 1.29 bits per heavy atom. The third kappa shape index (κ3) is 5.14. The van der Waals surface area contributed by atoms with Crippen LogP contribution in [0, 0.1) is 0 Å². The summed E-state index contributed by atoms with van der Waals surface area (Å²) >= 11 is 2.42. The maximum absolute atomic E-state index is 13.0. The number of carboxylic acid groups (broad SMARTS) is 1. The van der Waals surface area contributed by atoms with Gasteiger partial charge in [-0.15, -0.1) is 23.1 Å². The van der Waals surface area contributed by atoms with Crippen LogP contribution in [0.4, 0.5) is 0 Å². The molecule has 1 fully saturated rings. The largest absolute Gasteiger partial charge is 1.00 e. The van der Waals surface area contributed by atoms with Crippen LogP contribution in [0.3, 0.4) is 0 Å². The quantitative estimate of drug-likeness (QED) is 0.181. The number of hydrogen-bond acceptors (Lipinski definition) is 10. The van der Waals surface area contributed by atoms with Crippen LogP contribution in [0.25, 0.3) is 0 Å². The van der Waals surface area contributed by atoms with Crippen LogP contribution in [0.1, 0.15) is 18.7 Å². The minimum absolute atomic E-state index is 0. The van der Waals surface area contributed by atoms with Gasteiger partial charge < -0.3 is 24.7 Å². The number of fused-ring (bicyclic) bond motifs is 1. The van der Waals surface area contributed by atoms with Crippen molar-refractivity contribution in [2.45, 2.75) is 31.4 Å². The minimum Gasteiger partial charge on any atom is -0.543 e. The number of rotatable bonds is 7. The summed E-state index contributed by atoms with van der Waals surface area (Å²) in [7, 11) is 0. The van der Waals surface area contributed by atoms with Gasteiger partial charge in [-0.1, -0.05) is 6.07 Å². The zero-order valence-corrected chi connectivity index (χ0v) is 20.6. The molecule has 2 atom stereocenters. The van der Waals surface area contributed by atoms with Crippen molar-refractivity contribution in [1.82, 2.24) is 10.2 Å². The van der Waals surface area contributed by atoms with Crippen LogP contribution in [-0.2, 0) is 39.9 Å². The molecule has 0 radical (unpaired) electrons. The van der Waals surface area contributed by atoms with Gasteiger partial charge in [0.15, 0.2) is 5.37 Å². The van der Waals surface area contributed by atoms with E-state index in [0.717, 1.165) is 28.5 Å². The SMILES string of the molecule is CC(=O)OCC1=C(C(=O)[O-])N2C(=O)[C@@](NC(=O)Cc3cccs3)(OC(C)=O)[C@H]2SC1.[Na+]. The summed E-state index contributed by atoms with van der Waals surface area (Å²) in [5, 5.41) is 15.0. The van der Waals surface area contributed by atoms with Gasteiger partial charge in [0.25, 0.3) is 11.6 Å². The average Bonchev–Trinajstić information content (AvgIpc) is 3.16. The standard InChI is InChI=1S/C18H18N2O8S2.Na/c1-9(21)27-7-11-8-30-17-18(28-10(2)22,16(26)20(17)14(11)15(24)25)19-13(23)6-12-4-3-5-29-12;/h3-5,17H,6-8H2,1-2H3,(H,19,23)(H,24,25);/q;+1/p-1/t17-,18-;/m1./s1. The molecule has 0 aromatic carbocycles. The maximum Gasteiger partial charge on any atom is 1.00 e. The molecule has 1 aromatic heterocycles. The van der Waals surface area contributed by atoms with E-state index in [1.165, 1.54) is 18.3 Å². The second-order valence-corrected chi connectivity index (χ2v) is 8.59. The molecule has 1 saturated heterocycles. The van der Waals surface area contributed by atoms with Gasteiger partial charge in [0.2, 0.25) is 5.91 Å². The third-order valence-electron chi connectivity index (χ3n) is 4.30. The monoisotopic (exact) mass is 476 g/mol. The molecule has 10 nitrogen and oxygen atoms in total. The zero-order chi connectivity index (χ0) is 22.1. The van der Waals surface area contributed by atoms with Gasteiger partial charge in [-0.2, -0.15) is 0 Å². The van der Waals surface area contributed by atoms with Crippen LogP contribution < -0.4 is 40.0 Å². The van der Waals surface area contributed by atoms with Crippen molar-refractivity contribution >= 4 is 52.8 Å². The zero-order valence-electron chi connectivity index (χ0n) is 17.0. The van der Waals surface area contributed by atoms with E-state index in [1.807, 2.05) is 0 Å². The van der Waals surface area contributed by atoms with Crippen molar-refractivity contribution in [2.24, 2.45) is 0 Å². The van der Waals surface area contributed by atoms with E-state index in [-0.39, 0.29) is 53.9 Å². The fourth-order valence-electron chi connectivity index (χ4n) is 3.16.